The molecule has 0 atom stereocenters. The molecule has 0 aliphatic carbocycles. The monoisotopic (exact) mass is 400 g/mol. The molecule has 1 amide bonds. The molecule has 2 rings (SSSR count). The van der Waals surface area contributed by atoms with E-state index in [-0.39, 0.29) is 18.3 Å². The average Bonchev–Trinajstić information content (AvgIpc) is 2.92. The number of anilines is 1. The molecular weight excluding hydrogens is 380 g/mol. The van der Waals surface area contributed by atoms with Crippen LogP contribution in [0.3, 0.4) is 0 Å². The minimum absolute atomic E-state index is 0. The minimum Gasteiger partial charge on any atom is -0.326 e. The Hall–Kier alpha value is -1.37. The molecule has 5 nitrogen and oxygen atoms in total. The standard InChI is InChI=1S/C16H21BrN4O.ClH/c1-18-9-2-3-16(22)20-15-6-4-13(5-7-15)8-10-21-12-14(17)11-19-21;/h4-7,11-12,18H,2-3,8-10H2,1H3,(H,20,22);1H. The Morgan fingerprint density at radius 1 is 1.30 bits per heavy atom. The van der Waals surface area contributed by atoms with Crippen LogP contribution in [0.25, 0.3) is 0 Å². The van der Waals surface area contributed by atoms with Crippen LogP contribution in [0.4, 0.5) is 5.69 Å². The van der Waals surface area contributed by atoms with E-state index >= 15 is 0 Å². The molecule has 23 heavy (non-hydrogen) atoms. The van der Waals surface area contributed by atoms with Gasteiger partial charge in [-0.2, -0.15) is 5.10 Å². The fraction of sp³-hybridized carbons (Fsp3) is 0.375. The van der Waals surface area contributed by atoms with Crippen LogP contribution in [0.5, 0.6) is 0 Å². The van der Waals surface area contributed by atoms with Crippen molar-refractivity contribution in [3.8, 4) is 0 Å². The first kappa shape index (κ1) is 19.7. The number of hydrogen-bond donors (Lipinski definition) is 2. The van der Waals surface area contributed by atoms with Gasteiger partial charge in [0, 0.05) is 24.8 Å². The lowest BCUT2D eigenvalue weighted by atomic mass is 10.1. The highest BCUT2D eigenvalue weighted by Crippen LogP contribution is 2.12. The van der Waals surface area contributed by atoms with Gasteiger partial charge in [-0.25, -0.2) is 0 Å². The Morgan fingerprint density at radius 3 is 2.65 bits per heavy atom. The third-order valence-corrected chi connectivity index (χ3v) is 3.71. The molecule has 2 N–H and O–H groups in total. The van der Waals surface area contributed by atoms with Gasteiger partial charge < -0.3 is 10.6 Å². The van der Waals surface area contributed by atoms with Crippen molar-refractivity contribution in [2.75, 3.05) is 18.9 Å². The molecule has 126 valence electrons. The van der Waals surface area contributed by atoms with Crippen molar-refractivity contribution in [3.05, 3.63) is 46.7 Å². The highest BCUT2D eigenvalue weighted by molar-refractivity contribution is 9.10. The SMILES string of the molecule is CNCCCC(=O)Nc1ccc(CCn2cc(Br)cn2)cc1.Cl. The molecule has 0 aliphatic heterocycles. The number of benzene rings is 1. The van der Waals surface area contributed by atoms with E-state index in [1.165, 1.54) is 5.56 Å². The Bertz CT molecular complexity index is 600. The molecule has 1 aromatic carbocycles. The molecule has 0 unspecified atom stereocenters. The topological polar surface area (TPSA) is 59.0 Å². The van der Waals surface area contributed by atoms with E-state index in [1.807, 2.05) is 42.2 Å². The maximum atomic E-state index is 11.7. The quantitative estimate of drug-likeness (QED) is 0.668. The van der Waals surface area contributed by atoms with Crippen LogP contribution in [0.15, 0.2) is 41.1 Å². The van der Waals surface area contributed by atoms with Crippen molar-refractivity contribution in [1.29, 1.82) is 0 Å². The van der Waals surface area contributed by atoms with Crippen molar-refractivity contribution in [1.82, 2.24) is 15.1 Å². The van der Waals surface area contributed by atoms with E-state index in [4.69, 9.17) is 0 Å². The first-order valence-electron chi connectivity index (χ1n) is 7.39. The number of amides is 1. The second-order valence-electron chi connectivity index (χ2n) is 5.12. The molecule has 0 spiro atoms. The molecule has 0 fully saturated rings. The number of nitrogens with zero attached hydrogens (tertiary/aromatic N) is 2. The second-order valence-corrected chi connectivity index (χ2v) is 6.04. The van der Waals surface area contributed by atoms with E-state index in [0.717, 1.165) is 36.1 Å². The summed E-state index contributed by atoms with van der Waals surface area (Å²) in [6, 6.07) is 7.98. The minimum atomic E-state index is 0. The molecule has 1 heterocycles. The van der Waals surface area contributed by atoms with Crippen LogP contribution in [-0.4, -0.2) is 29.3 Å². The van der Waals surface area contributed by atoms with Crippen LogP contribution < -0.4 is 10.6 Å². The zero-order valence-electron chi connectivity index (χ0n) is 13.1. The summed E-state index contributed by atoms with van der Waals surface area (Å²) in [5.41, 5.74) is 2.07. The van der Waals surface area contributed by atoms with Crippen LogP contribution in [-0.2, 0) is 17.8 Å². The number of rotatable bonds is 8. The van der Waals surface area contributed by atoms with Gasteiger partial charge in [0.05, 0.1) is 10.7 Å². The van der Waals surface area contributed by atoms with Crippen molar-refractivity contribution >= 4 is 39.9 Å². The van der Waals surface area contributed by atoms with Gasteiger partial charge in [0.2, 0.25) is 5.91 Å². The Morgan fingerprint density at radius 2 is 2.04 bits per heavy atom. The van der Waals surface area contributed by atoms with Crippen LogP contribution in [0.2, 0.25) is 0 Å². The highest BCUT2D eigenvalue weighted by Gasteiger charge is 2.02. The number of nitrogens with one attached hydrogen (secondary N) is 2. The number of hydrogen-bond acceptors (Lipinski definition) is 3. The maximum absolute atomic E-state index is 11.7. The normalized spacial score (nSPS) is 10.2. The summed E-state index contributed by atoms with van der Waals surface area (Å²) >= 11 is 3.39. The first-order chi connectivity index (χ1) is 10.7. The Labute approximate surface area is 151 Å². The molecule has 0 saturated carbocycles. The van der Waals surface area contributed by atoms with Crippen molar-refractivity contribution < 1.29 is 4.79 Å². The van der Waals surface area contributed by atoms with Gasteiger partial charge in [-0.15, -0.1) is 12.4 Å². The number of carbonyl (C=O) groups excluding carboxylic acids is 1. The van der Waals surface area contributed by atoms with Gasteiger partial charge in [0.25, 0.3) is 0 Å². The summed E-state index contributed by atoms with van der Waals surface area (Å²) in [7, 11) is 1.89. The van der Waals surface area contributed by atoms with E-state index < -0.39 is 0 Å². The maximum Gasteiger partial charge on any atom is 0.224 e. The molecule has 1 aromatic heterocycles. The molecule has 0 radical (unpaired) electrons. The molecule has 0 bridgehead atoms. The van der Waals surface area contributed by atoms with E-state index in [1.54, 1.807) is 6.20 Å². The molecule has 7 heteroatoms. The van der Waals surface area contributed by atoms with Gasteiger partial charge in [-0.3, -0.25) is 9.48 Å². The summed E-state index contributed by atoms with van der Waals surface area (Å²) in [6.45, 7) is 1.69. The molecule has 0 saturated heterocycles. The second kappa shape index (κ2) is 10.4. The summed E-state index contributed by atoms with van der Waals surface area (Å²) in [5, 5.41) is 10.2. The van der Waals surface area contributed by atoms with Gasteiger partial charge in [-0.1, -0.05) is 12.1 Å². The highest BCUT2D eigenvalue weighted by atomic mass is 79.9. The predicted molar refractivity (Wildman–Crippen MR) is 99.1 cm³/mol. The summed E-state index contributed by atoms with van der Waals surface area (Å²) < 4.78 is 2.89. The summed E-state index contributed by atoms with van der Waals surface area (Å²) in [4.78, 5) is 11.7. The Kier molecular flexibility index (Phi) is 8.91. The number of aryl methyl sites for hydroxylation is 2. The molecular formula is C16H22BrClN4O. The van der Waals surface area contributed by atoms with E-state index in [9.17, 15) is 4.79 Å². The van der Waals surface area contributed by atoms with Crippen molar-refractivity contribution in [2.45, 2.75) is 25.8 Å². The zero-order valence-corrected chi connectivity index (χ0v) is 15.5. The van der Waals surface area contributed by atoms with Gasteiger partial charge in [0.1, 0.15) is 0 Å². The van der Waals surface area contributed by atoms with Crippen molar-refractivity contribution in [3.63, 3.8) is 0 Å². The zero-order chi connectivity index (χ0) is 15.8. The van der Waals surface area contributed by atoms with Gasteiger partial charge in [-0.05, 0) is 60.1 Å². The lowest BCUT2D eigenvalue weighted by molar-refractivity contribution is -0.116. The third kappa shape index (κ3) is 7.16. The molecule has 0 aliphatic rings. The first-order valence-corrected chi connectivity index (χ1v) is 8.18. The lowest BCUT2D eigenvalue weighted by Crippen LogP contribution is -2.15. The third-order valence-electron chi connectivity index (χ3n) is 3.30. The number of halogens is 2. The van der Waals surface area contributed by atoms with Crippen LogP contribution in [0.1, 0.15) is 18.4 Å². The average molecular weight is 402 g/mol. The van der Waals surface area contributed by atoms with Crippen molar-refractivity contribution in [2.24, 2.45) is 0 Å². The number of carbonyl (C=O) groups is 1. The molecule has 2 aromatic rings. The van der Waals surface area contributed by atoms with Crippen LogP contribution in [0, 0.1) is 0 Å². The van der Waals surface area contributed by atoms with E-state index in [2.05, 4.69) is 31.7 Å². The number of aromatic nitrogens is 2. The largest absolute Gasteiger partial charge is 0.326 e. The van der Waals surface area contributed by atoms with E-state index in [0.29, 0.717) is 6.42 Å². The summed E-state index contributed by atoms with van der Waals surface area (Å²) in [5.74, 6) is 0.0596. The Balaban J connectivity index is 0.00000264. The fourth-order valence-corrected chi connectivity index (χ4v) is 2.44. The lowest BCUT2D eigenvalue weighted by Gasteiger charge is -2.07. The van der Waals surface area contributed by atoms with Gasteiger partial charge in [0.15, 0.2) is 0 Å². The smallest absolute Gasteiger partial charge is 0.224 e. The van der Waals surface area contributed by atoms with Gasteiger partial charge >= 0.3 is 0 Å². The predicted octanol–water partition coefficient (Wildman–Crippen LogP) is 3.25. The van der Waals surface area contributed by atoms with Crippen LogP contribution >= 0.6 is 28.3 Å². The summed E-state index contributed by atoms with van der Waals surface area (Å²) in [6.07, 6.45) is 6.04. The fourth-order valence-electron chi connectivity index (χ4n) is 2.11.